The minimum absolute atomic E-state index is 0.515. The molecular formula is C17H18O3. The predicted molar refractivity (Wildman–Crippen MR) is 79.3 cm³/mol. The normalized spacial score (nSPS) is 10.3. The molecule has 0 atom stereocenters. The number of ether oxygens (including phenoxy) is 2. The first-order chi connectivity index (χ1) is 9.69. The van der Waals surface area contributed by atoms with Gasteiger partial charge in [0.25, 0.3) is 0 Å². The third-order valence-corrected chi connectivity index (χ3v) is 3.32. The van der Waals surface area contributed by atoms with Gasteiger partial charge in [-0.3, -0.25) is 4.79 Å². The standard InChI is InChI=1S/C17H18O3/c1-12-8-13(4-5-14(12)10-18)17-7-6-16(20-3)9-15(17)11-19-2/h4-10H,11H2,1-3H3. The smallest absolute Gasteiger partial charge is 0.150 e. The lowest BCUT2D eigenvalue weighted by molar-refractivity contribution is 0.112. The summed E-state index contributed by atoms with van der Waals surface area (Å²) >= 11 is 0. The highest BCUT2D eigenvalue weighted by molar-refractivity contribution is 5.80. The molecule has 0 spiro atoms. The third kappa shape index (κ3) is 2.89. The van der Waals surface area contributed by atoms with Gasteiger partial charge in [0.2, 0.25) is 0 Å². The van der Waals surface area contributed by atoms with E-state index in [0.717, 1.165) is 39.9 Å². The Hall–Kier alpha value is -2.13. The van der Waals surface area contributed by atoms with Crippen molar-refractivity contribution in [2.24, 2.45) is 0 Å². The molecule has 2 aromatic rings. The van der Waals surface area contributed by atoms with E-state index < -0.39 is 0 Å². The molecule has 0 aliphatic carbocycles. The molecule has 0 fully saturated rings. The van der Waals surface area contributed by atoms with Gasteiger partial charge in [-0.25, -0.2) is 0 Å². The molecule has 0 aliphatic rings. The molecule has 104 valence electrons. The van der Waals surface area contributed by atoms with Crippen LogP contribution in [0, 0.1) is 6.92 Å². The summed E-state index contributed by atoms with van der Waals surface area (Å²) in [5, 5.41) is 0. The van der Waals surface area contributed by atoms with E-state index in [1.807, 2.05) is 43.3 Å². The van der Waals surface area contributed by atoms with E-state index in [-0.39, 0.29) is 0 Å². The molecule has 2 aromatic carbocycles. The molecule has 0 saturated carbocycles. The number of aryl methyl sites for hydroxylation is 1. The molecule has 0 radical (unpaired) electrons. The Labute approximate surface area is 119 Å². The maximum atomic E-state index is 10.9. The van der Waals surface area contributed by atoms with Gasteiger partial charge in [-0.2, -0.15) is 0 Å². The van der Waals surface area contributed by atoms with Crippen molar-refractivity contribution in [3.05, 3.63) is 53.1 Å². The van der Waals surface area contributed by atoms with Gasteiger partial charge in [0.05, 0.1) is 13.7 Å². The van der Waals surface area contributed by atoms with Gasteiger partial charge in [-0.15, -0.1) is 0 Å². The van der Waals surface area contributed by atoms with Gasteiger partial charge >= 0.3 is 0 Å². The van der Waals surface area contributed by atoms with E-state index in [9.17, 15) is 4.79 Å². The Morgan fingerprint density at radius 2 is 1.90 bits per heavy atom. The number of methoxy groups -OCH3 is 2. The van der Waals surface area contributed by atoms with Crippen LogP contribution < -0.4 is 4.74 Å². The largest absolute Gasteiger partial charge is 0.497 e. The predicted octanol–water partition coefficient (Wildman–Crippen LogP) is 3.63. The second kappa shape index (κ2) is 6.35. The monoisotopic (exact) mass is 270 g/mol. The molecule has 0 unspecified atom stereocenters. The molecule has 0 amide bonds. The fourth-order valence-corrected chi connectivity index (χ4v) is 2.23. The van der Waals surface area contributed by atoms with Crippen LogP contribution in [0.3, 0.4) is 0 Å². The lowest BCUT2D eigenvalue weighted by atomic mass is 9.96. The fourth-order valence-electron chi connectivity index (χ4n) is 2.23. The number of hydrogen-bond acceptors (Lipinski definition) is 3. The molecule has 0 heterocycles. The maximum absolute atomic E-state index is 10.9. The van der Waals surface area contributed by atoms with E-state index >= 15 is 0 Å². The maximum Gasteiger partial charge on any atom is 0.150 e. The van der Waals surface area contributed by atoms with Crippen LogP contribution in [0.2, 0.25) is 0 Å². The molecule has 3 nitrogen and oxygen atoms in total. The lowest BCUT2D eigenvalue weighted by Crippen LogP contribution is -1.95. The minimum Gasteiger partial charge on any atom is -0.497 e. The van der Waals surface area contributed by atoms with E-state index in [0.29, 0.717) is 6.61 Å². The van der Waals surface area contributed by atoms with E-state index in [2.05, 4.69) is 0 Å². The first kappa shape index (κ1) is 14.3. The highest BCUT2D eigenvalue weighted by Crippen LogP contribution is 2.29. The summed E-state index contributed by atoms with van der Waals surface area (Å²) in [5.41, 5.74) is 4.91. The van der Waals surface area contributed by atoms with Crippen molar-refractivity contribution in [3.63, 3.8) is 0 Å². The topological polar surface area (TPSA) is 35.5 Å². The van der Waals surface area contributed by atoms with Gasteiger partial charge in [0, 0.05) is 12.7 Å². The van der Waals surface area contributed by atoms with Crippen molar-refractivity contribution >= 4 is 6.29 Å². The van der Waals surface area contributed by atoms with E-state index in [1.54, 1.807) is 14.2 Å². The zero-order valence-electron chi connectivity index (χ0n) is 12.0. The van der Waals surface area contributed by atoms with Gasteiger partial charge in [0.1, 0.15) is 12.0 Å². The van der Waals surface area contributed by atoms with Gasteiger partial charge in [0.15, 0.2) is 0 Å². The summed E-state index contributed by atoms with van der Waals surface area (Å²) in [7, 11) is 3.32. The second-order valence-electron chi connectivity index (χ2n) is 4.65. The van der Waals surface area contributed by atoms with Crippen LogP contribution >= 0.6 is 0 Å². The number of carbonyl (C=O) groups is 1. The van der Waals surface area contributed by atoms with Crippen LogP contribution in [0.1, 0.15) is 21.5 Å². The van der Waals surface area contributed by atoms with Crippen LogP contribution in [0.15, 0.2) is 36.4 Å². The average molecular weight is 270 g/mol. The second-order valence-corrected chi connectivity index (χ2v) is 4.65. The molecular weight excluding hydrogens is 252 g/mol. The van der Waals surface area contributed by atoms with E-state index in [4.69, 9.17) is 9.47 Å². The van der Waals surface area contributed by atoms with E-state index in [1.165, 1.54) is 0 Å². The van der Waals surface area contributed by atoms with Gasteiger partial charge in [-0.05, 0) is 41.3 Å². The molecule has 0 aliphatic heterocycles. The first-order valence-electron chi connectivity index (χ1n) is 6.41. The summed E-state index contributed by atoms with van der Waals surface area (Å²) in [6.07, 6.45) is 0.878. The van der Waals surface area contributed by atoms with Crippen molar-refractivity contribution in [1.29, 1.82) is 0 Å². The van der Waals surface area contributed by atoms with Crippen molar-refractivity contribution in [2.75, 3.05) is 14.2 Å². The number of aldehydes is 1. The van der Waals surface area contributed by atoms with Gasteiger partial charge < -0.3 is 9.47 Å². The number of rotatable bonds is 5. The van der Waals surface area contributed by atoms with Crippen LogP contribution in [0.4, 0.5) is 0 Å². The Bertz CT molecular complexity index is 618. The Morgan fingerprint density at radius 1 is 1.10 bits per heavy atom. The molecule has 2 rings (SSSR count). The van der Waals surface area contributed by atoms with Crippen LogP contribution in [-0.4, -0.2) is 20.5 Å². The third-order valence-electron chi connectivity index (χ3n) is 3.32. The summed E-state index contributed by atoms with van der Waals surface area (Å²) in [5.74, 6) is 0.807. The first-order valence-corrected chi connectivity index (χ1v) is 6.41. The average Bonchev–Trinajstić information content (AvgIpc) is 2.47. The Balaban J connectivity index is 2.50. The summed E-state index contributed by atoms with van der Waals surface area (Å²) < 4.78 is 10.5. The minimum atomic E-state index is 0.515. The summed E-state index contributed by atoms with van der Waals surface area (Å²) in [6.45, 7) is 2.45. The highest BCUT2D eigenvalue weighted by atomic mass is 16.5. The summed E-state index contributed by atoms with van der Waals surface area (Å²) in [6, 6.07) is 11.7. The Morgan fingerprint density at radius 3 is 2.50 bits per heavy atom. The number of carbonyl (C=O) groups excluding carboxylic acids is 1. The lowest BCUT2D eigenvalue weighted by Gasteiger charge is -2.12. The van der Waals surface area contributed by atoms with Crippen LogP contribution in [0.25, 0.3) is 11.1 Å². The highest BCUT2D eigenvalue weighted by Gasteiger charge is 2.08. The van der Waals surface area contributed by atoms with Crippen molar-refractivity contribution in [3.8, 4) is 16.9 Å². The number of benzene rings is 2. The number of hydrogen-bond donors (Lipinski definition) is 0. The van der Waals surface area contributed by atoms with Crippen molar-refractivity contribution in [2.45, 2.75) is 13.5 Å². The molecule has 20 heavy (non-hydrogen) atoms. The SMILES string of the molecule is COCc1cc(OC)ccc1-c1ccc(C=O)c(C)c1. The van der Waals surface area contributed by atoms with Crippen molar-refractivity contribution in [1.82, 2.24) is 0 Å². The van der Waals surface area contributed by atoms with Crippen LogP contribution in [0.5, 0.6) is 5.75 Å². The van der Waals surface area contributed by atoms with Crippen LogP contribution in [-0.2, 0) is 11.3 Å². The van der Waals surface area contributed by atoms with Gasteiger partial charge in [-0.1, -0.05) is 24.3 Å². The zero-order valence-corrected chi connectivity index (χ0v) is 12.0. The fraction of sp³-hybridized carbons (Fsp3) is 0.235. The molecule has 0 N–H and O–H groups in total. The molecule has 0 saturated heterocycles. The summed E-state index contributed by atoms with van der Waals surface area (Å²) in [4.78, 5) is 10.9. The molecule has 0 bridgehead atoms. The Kier molecular flexibility index (Phi) is 4.53. The zero-order chi connectivity index (χ0) is 14.5. The molecule has 0 aromatic heterocycles. The molecule has 3 heteroatoms. The quantitative estimate of drug-likeness (QED) is 0.778. The van der Waals surface area contributed by atoms with Crippen molar-refractivity contribution < 1.29 is 14.3 Å².